The van der Waals surface area contributed by atoms with Crippen molar-refractivity contribution in [2.45, 2.75) is 10.4 Å². The van der Waals surface area contributed by atoms with Crippen LogP contribution in [0.1, 0.15) is 5.56 Å². The van der Waals surface area contributed by atoms with Crippen LogP contribution in [-0.4, -0.2) is 0 Å². The molecular formula is C5H3F3S2. The molecule has 0 amide bonds. The Bertz CT molecular complexity index is 225. The normalized spacial score (nSPS) is 12.0. The molecule has 0 fully saturated rings. The van der Waals surface area contributed by atoms with Crippen molar-refractivity contribution in [1.29, 1.82) is 0 Å². The van der Waals surface area contributed by atoms with Crippen LogP contribution in [-0.2, 0) is 6.18 Å². The quantitative estimate of drug-likeness (QED) is 0.588. The molecule has 1 aromatic rings. The summed E-state index contributed by atoms with van der Waals surface area (Å²) in [6, 6.07) is 1.01. The Morgan fingerprint density at radius 3 is 2.20 bits per heavy atom. The van der Waals surface area contributed by atoms with E-state index < -0.39 is 11.7 Å². The predicted octanol–water partition coefficient (Wildman–Crippen LogP) is 3.06. The molecule has 1 heterocycles. The monoisotopic (exact) mass is 184 g/mol. The molecule has 0 saturated carbocycles. The average Bonchev–Trinajstić information content (AvgIpc) is 2.11. The van der Waals surface area contributed by atoms with Crippen molar-refractivity contribution in [2.24, 2.45) is 0 Å². The molecule has 0 aliphatic carbocycles. The minimum absolute atomic E-state index is 0.382. The molecule has 56 valence electrons. The van der Waals surface area contributed by atoms with E-state index in [2.05, 4.69) is 12.6 Å². The molecule has 0 saturated heterocycles. The van der Waals surface area contributed by atoms with Crippen LogP contribution in [0.25, 0.3) is 0 Å². The van der Waals surface area contributed by atoms with E-state index in [1.54, 1.807) is 0 Å². The average molecular weight is 184 g/mol. The van der Waals surface area contributed by atoms with Crippen LogP contribution in [0.2, 0.25) is 0 Å². The molecule has 0 spiro atoms. The van der Waals surface area contributed by atoms with Crippen molar-refractivity contribution in [3.05, 3.63) is 17.0 Å². The largest absolute Gasteiger partial charge is 0.417 e. The number of thiol groups is 1. The van der Waals surface area contributed by atoms with Crippen LogP contribution >= 0.6 is 24.0 Å². The molecule has 0 aliphatic heterocycles. The van der Waals surface area contributed by atoms with Gasteiger partial charge in [0.25, 0.3) is 0 Å². The van der Waals surface area contributed by atoms with Gasteiger partial charge in [0.1, 0.15) is 0 Å². The molecule has 0 aromatic carbocycles. The highest BCUT2D eigenvalue weighted by Gasteiger charge is 2.31. The molecule has 1 rings (SSSR count). The summed E-state index contributed by atoms with van der Waals surface area (Å²) < 4.78 is 35.7. The van der Waals surface area contributed by atoms with Gasteiger partial charge in [-0.05, 0) is 6.07 Å². The van der Waals surface area contributed by atoms with Crippen molar-refractivity contribution in [2.75, 3.05) is 0 Å². The Hall–Kier alpha value is -0.160. The van der Waals surface area contributed by atoms with Gasteiger partial charge in [-0.1, -0.05) is 0 Å². The van der Waals surface area contributed by atoms with Crippen LogP contribution in [0, 0.1) is 0 Å². The van der Waals surface area contributed by atoms with E-state index in [1.807, 2.05) is 0 Å². The highest BCUT2D eigenvalue weighted by atomic mass is 32.2. The summed E-state index contributed by atoms with van der Waals surface area (Å²) in [7, 11) is 0. The van der Waals surface area contributed by atoms with Gasteiger partial charge in [0, 0.05) is 5.38 Å². The summed E-state index contributed by atoms with van der Waals surface area (Å²) in [6.07, 6.45) is -4.22. The first kappa shape index (κ1) is 7.94. The Kier molecular flexibility index (Phi) is 1.96. The first-order valence-corrected chi connectivity index (χ1v) is 3.67. The van der Waals surface area contributed by atoms with Gasteiger partial charge in [-0.2, -0.15) is 13.2 Å². The second-order valence-electron chi connectivity index (χ2n) is 1.67. The first-order valence-electron chi connectivity index (χ1n) is 2.35. The fourth-order valence-electron chi connectivity index (χ4n) is 0.474. The van der Waals surface area contributed by atoms with Crippen LogP contribution in [0.15, 0.2) is 15.7 Å². The molecule has 0 atom stereocenters. The molecule has 0 N–H and O–H groups in total. The summed E-state index contributed by atoms with van der Waals surface area (Å²) in [5.74, 6) is 0. The van der Waals surface area contributed by atoms with E-state index in [9.17, 15) is 13.2 Å². The highest BCUT2D eigenvalue weighted by molar-refractivity contribution is 7.82. The van der Waals surface area contributed by atoms with Gasteiger partial charge in [-0.15, -0.1) is 24.0 Å². The lowest BCUT2D eigenvalue weighted by Crippen LogP contribution is -2.01. The van der Waals surface area contributed by atoms with Crippen molar-refractivity contribution >= 4 is 24.0 Å². The first-order chi connectivity index (χ1) is 4.50. The Morgan fingerprint density at radius 1 is 1.40 bits per heavy atom. The molecule has 0 unspecified atom stereocenters. The minimum atomic E-state index is -4.22. The van der Waals surface area contributed by atoms with Crippen LogP contribution in [0.4, 0.5) is 13.2 Å². The molecular weight excluding hydrogens is 181 g/mol. The Balaban J connectivity index is 2.96. The highest BCUT2D eigenvalue weighted by Crippen LogP contribution is 2.33. The van der Waals surface area contributed by atoms with Gasteiger partial charge in [-0.25, -0.2) is 0 Å². The van der Waals surface area contributed by atoms with Crippen LogP contribution in [0.5, 0.6) is 0 Å². The number of hydrogen-bond donors (Lipinski definition) is 1. The standard InChI is InChI=1S/C5H3F3S2/c6-5(7,8)3-1-4(9)10-2-3/h1-2,9H. The van der Waals surface area contributed by atoms with Crippen LogP contribution in [0.3, 0.4) is 0 Å². The summed E-state index contributed by atoms with van der Waals surface area (Å²) in [5, 5.41) is 1.04. The predicted molar refractivity (Wildman–Crippen MR) is 36.6 cm³/mol. The molecule has 0 radical (unpaired) electrons. The smallest absolute Gasteiger partial charge is 0.166 e. The lowest BCUT2D eigenvalue weighted by molar-refractivity contribution is -0.137. The van der Waals surface area contributed by atoms with E-state index in [4.69, 9.17) is 0 Å². The molecule has 5 heteroatoms. The Labute approximate surface area is 65.1 Å². The summed E-state index contributed by atoms with van der Waals surface area (Å²) in [4.78, 5) is 0. The van der Waals surface area contributed by atoms with Gasteiger partial charge in [0.05, 0.1) is 9.77 Å². The van der Waals surface area contributed by atoms with Gasteiger partial charge < -0.3 is 0 Å². The molecule has 0 aliphatic rings. The fourth-order valence-corrected chi connectivity index (χ4v) is 1.42. The minimum Gasteiger partial charge on any atom is -0.166 e. The Morgan fingerprint density at radius 2 is 2.00 bits per heavy atom. The third-order valence-corrected chi connectivity index (χ3v) is 2.09. The lowest BCUT2D eigenvalue weighted by atomic mass is 10.3. The van der Waals surface area contributed by atoms with Gasteiger partial charge >= 0.3 is 6.18 Å². The maximum atomic E-state index is 11.8. The summed E-state index contributed by atoms with van der Waals surface area (Å²) in [5.41, 5.74) is -0.623. The number of thiophene rings is 1. The van der Waals surface area contributed by atoms with Crippen molar-refractivity contribution < 1.29 is 13.2 Å². The van der Waals surface area contributed by atoms with E-state index in [-0.39, 0.29) is 0 Å². The third kappa shape index (κ3) is 1.67. The zero-order valence-corrected chi connectivity index (χ0v) is 6.35. The molecule has 0 bridgehead atoms. The lowest BCUT2D eigenvalue weighted by Gasteiger charge is -2.00. The number of rotatable bonds is 0. The van der Waals surface area contributed by atoms with Gasteiger partial charge in [0.15, 0.2) is 0 Å². The van der Waals surface area contributed by atoms with E-state index >= 15 is 0 Å². The SMILES string of the molecule is FC(F)(F)c1csc(S)c1. The summed E-state index contributed by atoms with van der Waals surface area (Å²) in [6.45, 7) is 0. The van der Waals surface area contributed by atoms with Crippen molar-refractivity contribution in [1.82, 2.24) is 0 Å². The maximum absolute atomic E-state index is 11.8. The van der Waals surface area contributed by atoms with Crippen LogP contribution < -0.4 is 0 Å². The zero-order valence-electron chi connectivity index (χ0n) is 4.64. The van der Waals surface area contributed by atoms with E-state index in [0.29, 0.717) is 4.21 Å². The van der Waals surface area contributed by atoms with E-state index in [1.165, 1.54) is 0 Å². The molecule has 0 nitrogen and oxygen atoms in total. The molecule has 10 heavy (non-hydrogen) atoms. The zero-order chi connectivity index (χ0) is 7.78. The third-order valence-electron chi connectivity index (χ3n) is 0.913. The summed E-state index contributed by atoms with van der Waals surface area (Å²) >= 11 is 4.73. The van der Waals surface area contributed by atoms with Crippen molar-refractivity contribution in [3.63, 3.8) is 0 Å². The fraction of sp³-hybridized carbons (Fsp3) is 0.200. The number of hydrogen-bond acceptors (Lipinski definition) is 2. The second-order valence-corrected chi connectivity index (χ2v) is 3.37. The topological polar surface area (TPSA) is 0 Å². The van der Waals surface area contributed by atoms with Gasteiger partial charge in [0.2, 0.25) is 0 Å². The van der Waals surface area contributed by atoms with Gasteiger partial charge in [-0.3, -0.25) is 0 Å². The number of alkyl halides is 3. The second kappa shape index (κ2) is 2.47. The van der Waals surface area contributed by atoms with Crippen molar-refractivity contribution in [3.8, 4) is 0 Å². The maximum Gasteiger partial charge on any atom is 0.417 e. The van der Waals surface area contributed by atoms with E-state index in [0.717, 1.165) is 22.8 Å². The molecule has 1 aromatic heterocycles. The number of halogens is 3.